The fourth-order valence-electron chi connectivity index (χ4n) is 2.93. The van der Waals surface area contributed by atoms with Crippen molar-refractivity contribution >= 4 is 15.9 Å². The molecule has 2 rings (SSSR count). The second-order valence-corrected chi connectivity index (χ2v) is 5.99. The van der Waals surface area contributed by atoms with Crippen LogP contribution in [0.2, 0.25) is 0 Å². The summed E-state index contributed by atoms with van der Waals surface area (Å²) in [7, 11) is 2.04. The van der Waals surface area contributed by atoms with Crippen molar-refractivity contribution in [3.05, 3.63) is 15.9 Å². The molecule has 1 aromatic rings. The summed E-state index contributed by atoms with van der Waals surface area (Å²) in [4.78, 5) is 2.59. The van der Waals surface area contributed by atoms with Gasteiger partial charge in [0, 0.05) is 25.7 Å². The first-order valence-corrected chi connectivity index (χ1v) is 8.13. The largest absolute Gasteiger partial charge is 0.318 e. The van der Waals surface area contributed by atoms with Gasteiger partial charge in [-0.1, -0.05) is 6.92 Å². The Bertz CT molecular complexity index is 416. The predicted octanol–water partition coefficient (Wildman–Crippen LogP) is 2.41. The molecule has 1 aliphatic heterocycles. The number of hydrogen-bond donors (Lipinski definition) is 1. The molecule has 1 aliphatic rings. The number of nitrogens with zero attached hydrogens (tertiary/aromatic N) is 3. The van der Waals surface area contributed by atoms with Gasteiger partial charge in [-0.15, -0.1) is 0 Å². The molecule has 19 heavy (non-hydrogen) atoms. The molecule has 1 atom stereocenters. The van der Waals surface area contributed by atoms with Crippen molar-refractivity contribution < 1.29 is 0 Å². The predicted molar refractivity (Wildman–Crippen MR) is 82.3 cm³/mol. The van der Waals surface area contributed by atoms with Crippen LogP contribution in [0.1, 0.15) is 38.1 Å². The summed E-state index contributed by atoms with van der Waals surface area (Å²) in [5.74, 6) is 0. The molecule has 1 N–H and O–H groups in total. The fourth-order valence-corrected chi connectivity index (χ4v) is 3.62. The lowest BCUT2D eigenvalue weighted by molar-refractivity contribution is 0.235. The Labute approximate surface area is 124 Å². The Morgan fingerprint density at radius 2 is 2.21 bits per heavy atom. The summed E-state index contributed by atoms with van der Waals surface area (Å²) in [6, 6.07) is 0.669. The van der Waals surface area contributed by atoms with Crippen LogP contribution in [0.5, 0.6) is 0 Å². The molecule has 0 spiro atoms. The van der Waals surface area contributed by atoms with Crippen LogP contribution in [0.25, 0.3) is 0 Å². The number of likely N-dealkylation sites (tertiary alicyclic amines) is 1. The number of aryl methyl sites for hydroxylation is 2. The Balaban J connectivity index is 2.15. The van der Waals surface area contributed by atoms with Gasteiger partial charge in [0.2, 0.25) is 0 Å². The number of hydrogen-bond acceptors (Lipinski definition) is 3. The molecule has 2 heterocycles. The highest BCUT2D eigenvalue weighted by Gasteiger charge is 2.26. The van der Waals surface area contributed by atoms with Crippen molar-refractivity contribution in [2.45, 2.75) is 52.2 Å². The zero-order chi connectivity index (χ0) is 13.8. The van der Waals surface area contributed by atoms with Crippen molar-refractivity contribution in [3.63, 3.8) is 0 Å². The van der Waals surface area contributed by atoms with E-state index in [2.05, 4.69) is 49.8 Å². The van der Waals surface area contributed by atoms with Crippen LogP contribution < -0.4 is 5.32 Å². The minimum absolute atomic E-state index is 0.669. The van der Waals surface area contributed by atoms with Crippen molar-refractivity contribution in [2.75, 3.05) is 20.1 Å². The second-order valence-electron chi connectivity index (χ2n) is 5.20. The van der Waals surface area contributed by atoms with Crippen LogP contribution in [-0.4, -0.2) is 40.9 Å². The molecule has 1 fully saturated rings. The van der Waals surface area contributed by atoms with Crippen LogP contribution in [0.15, 0.2) is 4.47 Å². The molecular weight excluding hydrogens is 304 g/mol. The lowest BCUT2D eigenvalue weighted by Crippen LogP contribution is -2.36. The number of nitrogens with one attached hydrogen (secondary N) is 1. The maximum atomic E-state index is 4.69. The molecule has 108 valence electrons. The van der Waals surface area contributed by atoms with Crippen LogP contribution >= 0.6 is 15.9 Å². The number of likely N-dealkylation sites (N-methyl/N-ethyl adjacent to an activating group) is 1. The van der Waals surface area contributed by atoms with Crippen LogP contribution in [0.3, 0.4) is 0 Å². The Morgan fingerprint density at radius 3 is 2.84 bits per heavy atom. The highest BCUT2D eigenvalue weighted by Crippen LogP contribution is 2.26. The average molecular weight is 329 g/mol. The quantitative estimate of drug-likeness (QED) is 0.870. The first-order chi connectivity index (χ1) is 9.21. The highest BCUT2D eigenvalue weighted by molar-refractivity contribution is 9.10. The van der Waals surface area contributed by atoms with Crippen LogP contribution in [0.4, 0.5) is 0 Å². The minimum Gasteiger partial charge on any atom is -0.318 e. The summed E-state index contributed by atoms with van der Waals surface area (Å²) in [5, 5.41) is 8.00. The van der Waals surface area contributed by atoms with Gasteiger partial charge in [0.15, 0.2) is 0 Å². The SMILES string of the molecule is CCc1nn(CC)c(CN2CCCC2CNC)c1Br. The first-order valence-electron chi connectivity index (χ1n) is 7.33. The fraction of sp³-hybridized carbons (Fsp3) is 0.786. The van der Waals surface area contributed by atoms with Crippen molar-refractivity contribution in [1.29, 1.82) is 0 Å². The van der Waals surface area contributed by atoms with E-state index in [0.717, 1.165) is 26.1 Å². The zero-order valence-corrected chi connectivity index (χ0v) is 13.8. The summed E-state index contributed by atoms with van der Waals surface area (Å²) >= 11 is 3.74. The maximum Gasteiger partial charge on any atom is 0.0767 e. The van der Waals surface area contributed by atoms with Crippen molar-refractivity contribution in [1.82, 2.24) is 20.0 Å². The molecule has 1 saturated heterocycles. The van der Waals surface area contributed by atoms with E-state index in [1.165, 1.54) is 35.2 Å². The van der Waals surface area contributed by atoms with Gasteiger partial charge < -0.3 is 5.32 Å². The van der Waals surface area contributed by atoms with Gasteiger partial charge in [-0.05, 0) is 55.7 Å². The number of aromatic nitrogens is 2. The standard InChI is InChI=1S/C14H25BrN4/c1-4-12-14(15)13(19(5-2)17-12)10-18-8-6-7-11(18)9-16-3/h11,16H,4-10H2,1-3H3. The molecule has 0 saturated carbocycles. The van der Waals surface area contributed by atoms with Gasteiger partial charge in [0.1, 0.15) is 0 Å². The summed E-state index contributed by atoms with van der Waals surface area (Å²) in [5.41, 5.74) is 2.52. The molecule has 0 aliphatic carbocycles. The first kappa shape index (κ1) is 15.0. The second kappa shape index (κ2) is 6.86. The number of halogens is 1. The van der Waals surface area contributed by atoms with E-state index in [4.69, 9.17) is 0 Å². The monoisotopic (exact) mass is 328 g/mol. The van der Waals surface area contributed by atoms with E-state index in [0.29, 0.717) is 6.04 Å². The Morgan fingerprint density at radius 1 is 1.42 bits per heavy atom. The number of rotatable bonds is 6. The van der Waals surface area contributed by atoms with Crippen molar-refractivity contribution in [3.8, 4) is 0 Å². The topological polar surface area (TPSA) is 33.1 Å². The van der Waals surface area contributed by atoms with E-state index < -0.39 is 0 Å². The van der Waals surface area contributed by atoms with Gasteiger partial charge in [0.05, 0.1) is 15.9 Å². The smallest absolute Gasteiger partial charge is 0.0767 e. The van der Waals surface area contributed by atoms with E-state index >= 15 is 0 Å². The van der Waals surface area contributed by atoms with Gasteiger partial charge >= 0.3 is 0 Å². The van der Waals surface area contributed by atoms with E-state index in [-0.39, 0.29) is 0 Å². The third kappa shape index (κ3) is 3.20. The molecular formula is C14H25BrN4. The third-order valence-corrected chi connectivity index (χ3v) is 4.90. The molecule has 4 nitrogen and oxygen atoms in total. The minimum atomic E-state index is 0.669. The van der Waals surface area contributed by atoms with Crippen LogP contribution in [0, 0.1) is 0 Å². The van der Waals surface area contributed by atoms with Gasteiger partial charge in [-0.25, -0.2) is 0 Å². The van der Waals surface area contributed by atoms with E-state index in [9.17, 15) is 0 Å². The Kier molecular flexibility index (Phi) is 5.42. The molecule has 0 radical (unpaired) electrons. The summed E-state index contributed by atoms with van der Waals surface area (Å²) < 4.78 is 3.37. The van der Waals surface area contributed by atoms with Gasteiger partial charge in [-0.2, -0.15) is 5.10 Å². The lowest BCUT2D eigenvalue weighted by atomic mass is 10.2. The van der Waals surface area contributed by atoms with E-state index in [1.807, 2.05) is 7.05 Å². The average Bonchev–Trinajstić information content (AvgIpc) is 2.97. The molecule has 0 amide bonds. The molecule has 5 heteroatoms. The van der Waals surface area contributed by atoms with Gasteiger partial charge in [0.25, 0.3) is 0 Å². The van der Waals surface area contributed by atoms with Crippen LogP contribution in [-0.2, 0) is 19.5 Å². The molecule has 0 aromatic carbocycles. The summed E-state index contributed by atoms with van der Waals surface area (Å²) in [6.07, 6.45) is 3.60. The summed E-state index contributed by atoms with van der Waals surface area (Å²) in [6.45, 7) is 8.56. The normalized spacial score (nSPS) is 20.3. The van der Waals surface area contributed by atoms with E-state index in [1.54, 1.807) is 0 Å². The lowest BCUT2D eigenvalue weighted by Gasteiger charge is -2.24. The molecule has 1 aromatic heterocycles. The maximum absolute atomic E-state index is 4.69. The zero-order valence-electron chi connectivity index (χ0n) is 12.2. The molecule has 0 bridgehead atoms. The van der Waals surface area contributed by atoms with Gasteiger partial charge in [-0.3, -0.25) is 9.58 Å². The molecule has 1 unspecified atom stereocenters. The Hall–Kier alpha value is -0.390. The van der Waals surface area contributed by atoms with Crippen molar-refractivity contribution in [2.24, 2.45) is 0 Å². The third-order valence-electron chi connectivity index (χ3n) is 3.99. The highest BCUT2D eigenvalue weighted by atomic mass is 79.9.